The van der Waals surface area contributed by atoms with Gasteiger partial charge in [0, 0.05) is 19.2 Å². The molecule has 1 aromatic carbocycles. The average molecular weight is 287 g/mol. The maximum Gasteiger partial charge on any atom is 0.224 e. The molecule has 0 saturated heterocycles. The number of aromatic hydroxyl groups is 1. The van der Waals surface area contributed by atoms with Gasteiger partial charge in [-0.1, -0.05) is 6.07 Å². The van der Waals surface area contributed by atoms with Crippen molar-refractivity contribution < 1.29 is 9.90 Å². The van der Waals surface area contributed by atoms with E-state index in [4.69, 9.17) is 0 Å². The van der Waals surface area contributed by atoms with E-state index >= 15 is 0 Å². The van der Waals surface area contributed by atoms with Gasteiger partial charge in [0.05, 0.1) is 11.4 Å². The standard InChI is InChI=1S/C16H21N3O2/c1-10-5-7-14(15(20)9-10)17-16(21)8-6-13-11(2)18-19(4)12(13)3/h5,7,9,20H,6,8H2,1-4H3,(H,17,21). The Kier molecular flexibility index (Phi) is 4.31. The number of amides is 1. The Labute approximate surface area is 124 Å². The third-order valence-electron chi connectivity index (χ3n) is 3.69. The van der Waals surface area contributed by atoms with Crippen LogP contribution in [0.1, 0.15) is 28.9 Å². The lowest BCUT2D eigenvalue weighted by molar-refractivity contribution is -0.116. The summed E-state index contributed by atoms with van der Waals surface area (Å²) in [6.45, 7) is 5.84. The molecular formula is C16H21N3O2. The van der Waals surface area contributed by atoms with Crippen molar-refractivity contribution in [1.82, 2.24) is 9.78 Å². The second kappa shape index (κ2) is 5.99. The summed E-state index contributed by atoms with van der Waals surface area (Å²) in [5.41, 5.74) is 4.55. The van der Waals surface area contributed by atoms with E-state index in [1.165, 1.54) is 0 Å². The van der Waals surface area contributed by atoms with Crippen molar-refractivity contribution in [3.8, 4) is 5.75 Å². The Morgan fingerprint density at radius 3 is 2.62 bits per heavy atom. The molecule has 0 aliphatic heterocycles. The van der Waals surface area contributed by atoms with Crippen molar-refractivity contribution >= 4 is 11.6 Å². The zero-order valence-corrected chi connectivity index (χ0v) is 12.9. The van der Waals surface area contributed by atoms with Crippen molar-refractivity contribution in [2.75, 3.05) is 5.32 Å². The highest BCUT2D eigenvalue weighted by atomic mass is 16.3. The van der Waals surface area contributed by atoms with Crippen LogP contribution in [-0.4, -0.2) is 20.8 Å². The number of rotatable bonds is 4. The molecular weight excluding hydrogens is 266 g/mol. The first-order valence-electron chi connectivity index (χ1n) is 6.97. The molecule has 0 aliphatic rings. The lowest BCUT2D eigenvalue weighted by Gasteiger charge is -2.08. The number of hydrogen-bond acceptors (Lipinski definition) is 3. The van der Waals surface area contributed by atoms with E-state index in [0.717, 1.165) is 22.5 Å². The number of phenolic OH excluding ortho intramolecular Hbond substituents is 1. The molecule has 21 heavy (non-hydrogen) atoms. The predicted octanol–water partition coefficient (Wildman–Crippen LogP) is 2.62. The summed E-state index contributed by atoms with van der Waals surface area (Å²) < 4.78 is 1.83. The fourth-order valence-corrected chi connectivity index (χ4v) is 2.38. The molecule has 2 rings (SSSR count). The van der Waals surface area contributed by atoms with Gasteiger partial charge in [-0.2, -0.15) is 5.10 Å². The lowest BCUT2D eigenvalue weighted by Crippen LogP contribution is -2.13. The molecule has 5 nitrogen and oxygen atoms in total. The molecule has 0 aliphatic carbocycles. The minimum absolute atomic E-state index is 0.0945. The zero-order valence-electron chi connectivity index (χ0n) is 12.9. The second-order valence-electron chi connectivity index (χ2n) is 5.34. The number of aromatic nitrogens is 2. The lowest BCUT2D eigenvalue weighted by atomic mass is 10.1. The molecule has 0 fully saturated rings. The first kappa shape index (κ1) is 15.1. The monoisotopic (exact) mass is 287 g/mol. The fraction of sp³-hybridized carbons (Fsp3) is 0.375. The van der Waals surface area contributed by atoms with Crippen LogP contribution in [0.15, 0.2) is 18.2 Å². The first-order valence-corrected chi connectivity index (χ1v) is 6.97. The van der Waals surface area contributed by atoms with E-state index in [1.807, 2.05) is 38.6 Å². The highest BCUT2D eigenvalue weighted by Gasteiger charge is 2.12. The van der Waals surface area contributed by atoms with Gasteiger partial charge in [0.2, 0.25) is 5.91 Å². The Morgan fingerprint density at radius 2 is 2.05 bits per heavy atom. The Morgan fingerprint density at radius 1 is 1.33 bits per heavy atom. The average Bonchev–Trinajstić information content (AvgIpc) is 2.65. The molecule has 0 spiro atoms. The number of benzene rings is 1. The number of carbonyl (C=O) groups excluding carboxylic acids is 1. The van der Waals surface area contributed by atoms with Crippen LogP contribution < -0.4 is 5.32 Å². The van der Waals surface area contributed by atoms with Gasteiger partial charge >= 0.3 is 0 Å². The zero-order chi connectivity index (χ0) is 15.6. The maximum absolute atomic E-state index is 12.0. The van der Waals surface area contributed by atoms with Crippen molar-refractivity contribution in [3.05, 3.63) is 40.7 Å². The van der Waals surface area contributed by atoms with Gasteiger partial charge in [0.1, 0.15) is 5.75 Å². The van der Waals surface area contributed by atoms with Crippen molar-refractivity contribution in [1.29, 1.82) is 0 Å². The van der Waals surface area contributed by atoms with Crippen LogP contribution in [0.5, 0.6) is 5.75 Å². The van der Waals surface area contributed by atoms with Crippen LogP contribution in [0.3, 0.4) is 0 Å². The summed E-state index contributed by atoms with van der Waals surface area (Å²) in [6, 6.07) is 5.19. The number of aryl methyl sites for hydroxylation is 3. The molecule has 0 bridgehead atoms. The SMILES string of the molecule is Cc1ccc(NC(=O)CCc2c(C)nn(C)c2C)c(O)c1. The van der Waals surface area contributed by atoms with Gasteiger partial charge < -0.3 is 10.4 Å². The normalized spacial score (nSPS) is 10.7. The van der Waals surface area contributed by atoms with Gasteiger partial charge in [0.15, 0.2) is 0 Å². The maximum atomic E-state index is 12.0. The van der Waals surface area contributed by atoms with Crippen LogP contribution in [-0.2, 0) is 18.3 Å². The summed E-state index contributed by atoms with van der Waals surface area (Å²) in [5.74, 6) is -0.0195. The minimum Gasteiger partial charge on any atom is -0.506 e. The minimum atomic E-state index is -0.114. The van der Waals surface area contributed by atoms with Crippen LogP contribution >= 0.6 is 0 Å². The van der Waals surface area contributed by atoms with Crippen LogP contribution in [0.25, 0.3) is 0 Å². The molecule has 1 heterocycles. The smallest absolute Gasteiger partial charge is 0.224 e. The highest BCUT2D eigenvalue weighted by Crippen LogP contribution is 2.24. The molecule has 2 N–H and O–H groups in total. The Balaban J connectivity index is 1.99. The van der Waals surface area contributed by atoms with E-state index in [9.17, 15) is 9.90 Å². The van der Waals surface area contributed by atoms with Gasteiger partial charge in [-0.3, -0.25) is 9.48 Å². The van der Waals surface area contributed by atoms with E-state index in [2.05, 4.69) is 10.4 Å². The van der Waals surface area contributed by atoms with Crippen LogP contribution in [0.2, 0.25) is 0 Å². The molecule has 0 radical (unpaired) electrons. The Bertz CT molecular complexity index is 674. The molecule has 0 saturated carbocycles. The van der Waals surface area contributed by atoms with Gasteiger partial charge in [-0.25, -0.2) is 0 Å². The van der Waals surface area contributed by atoms with Crippen molar-refractivity contribution in [3.63, 3.8) is 0 Å². The predicted molar refractivity (Wildman–Crippen MR) is 82.5 cm³/mol. The van der Waals surface area contributed by atoms with Crippen LogP contribution in [0.4, 0.5) is 5.69 Å². The topological polar surface area (TPSA) is 67.2 Å². The van der Waals surface area contributed by atoms with Crippen molar-refractivity contribution in [2.24, 2.45) is 7.05 Å². The molecule has 112 valence electrons. The summed E-state index contributed by atoms with van der Waals surface area (Å²) in [6.07, 6.45) is 1.00. The largest absolute Gasteiger partial charge is 0.506 e. The van der Waals surface area contributed by atoms with Crippen molar-refractivity contribution in [2.45, 2.75) is 33.6 Å². The summed E-state index contributed by atoms with van der Waals surface area (Å²) >= 11 is 0. The third kappa shape index (κ3) is 3.42. The third-order valence-corrected chi connectivity index (χ3v) is 3.69. The molecule has 5 heteroatoms. The number of anilines is 1. The van der Waals surface area contributed by atoms with Gasteiger partial charge in [0.25, 0.3) is 0 Å². The first-order chi connectivity index (χ1) is 9.88. The molecule has 1 aromatic heterocycles. The van der Waals surface area contributed by atoms with Crippen LogP contribution in [0, 0.1) is 20.8 Å². The number of carbonyl (C=O) groups is 1. The quantitative estimate of drug-likeness (QED) is 0.849. The summed E-state index contributed by atoms with van der Waals surface area (Å²) in [7, 11) is 1.90. The Hall–Kier alpha value is -2.30. The van der Waals surface area contributed by atoms with E-state index in [1.54, 1.807) is 12.1 Å². The van der Waals surface area contributed by atoms with Gasteiger partial charge in [-0.05, 0) is 50.5 Å². The highest BCUT2D eigenvalue weighted by molar-refractivity contribution is 5.92. The molecule has 2 aromatic rings. The summed E-state index contributed by atoms with van der Waals surface area (Å²) in [5, 5.41) is 16.9. The van der Waals surface area contributed by atoms with E-state index in [0.29, 0.717) is 18.5 Å². The van der Waals surface area contributed by atoms with E-state index in [-0.39, 0.29) is 11.7 Å². The second-order valence-corrected chi connectivity index (χ2v) is 5.34. The number of phenols is 1. The summed E-state index contributed by atoms with van der Waals surface area (Å²) in [4.78, 5) is 12.0. The van der Waals surface area contributed by atoms with E-state index < -0.39 is 0 Å². The molecule has 1 amide bonds. The fourth-order valence-electron chi connectivity index (χ4n) is 2.38. The van der Waals surface area contributed by atoms with Gasteiger partial charge in [-0.15, -0.1) is 0 Å². The number of hydrogen-bond donors (Lipinski definition) is 2. The number of nitrogens with one attached hydrogen (secondary N) is 1. The number of nitrogens with zero attached hydrogens (tertiary/aromatic N) is 2. The molecule has 0 atom stereocenters. The molecule has 0 unspecified atom stereocenters.